The predicted octanol–water partition coefficient (Wildman–Crippen LogP) is 1.82. The van der Waals surface area contributed by atoms with Crippen molar-refractivity contribution in [2.45, 2.75) is 38.5 Å². The molecule has 1 amide bonds. The second kappa shape index (κ2) is 6.64. The summed E-state index contributed by atoms with van der Waals surface area (Å²) in [5.74, 6) is 0.629. The third-order valence-electron chi connectivity index (χ3n) is 4.55. The number of rotatable bonds is 4. The van der Waals surface area contributed by atoms with Crippen molar-refractivity contribution in [1.29, 1.82) is 0 Å². The van der Waals surface area contributed by atoms with Gasteiger partial charge < -0.3 is 19.6 Å². The standard InChI is InChI=1S/C17H20N6O2/c1-2-23-8-7-19-16(23)14-12(4-3-9-25-14)22-17(24)13-11-5-6-18-15(11)21-10-20-13/h5-8,10,12,14H,2-4,9H2,1H3,(H,22,24)(H,18,20,21)/t12-,14-/m0/s1. The van der Waals surface area contributed by atoms with E-state index in [9.17, 15) is 4.79 Å². The summed E-state index contributed by atoms with van der Waals surface area (Å²) in [6, 6.07) is 1.67. The van der Waals surface area contributed by atoms with E-state index in [1.807, 2.05) is 16.8 Å². The first-order valence-electron chi connectivity index (χ1n) is 8.49. The van der Waals surface area contributed by atoms with Gasteiger partial charge in [-0.05, 0) is 25.8 Å². The lowest BCUT2D eigenvalue weighted by Gasteiger charge is -2.32. The largest absolute Gasteiger partial charge is 0.368 e. The number of carbonyl (C=O) groups is 1. The van der Waals surface area contributed by atoms with Crippen LogP contribution < -0.4 is 5.32 Å². The maximum atomic E-state index is 12.8. The van der Waals surface area contributed by atoms with Crippen LogP contribution in [-0.4, -0.2) is 43.1 Å². The molecule has 3 aromatic heterocycles. The maximum absolute atomic E-state index is 12.8. The van der Waals surface area contributed by atoms with E-state index in [2.05, 4.69) is 32.2 Å². The van der Waals surface area contributed by atoms with Gasteiger partial charge in [-0.15, -0.1) is 0 Å². The zero-order valence-electron chi connectivity index (χ0n) is 14.0. The Morgan fingerprint density at radius 2 is 2.36 bits per heavy atom. The molecule has 0 aromatic carbocycles. The molecule has 4 heterocycles. The summed E-state index contributed by atoms with van der Waals surface area (Å²) >= 11 is 0. The average molecular weight is 340 g/mol. The lowest BCUT2D eigenvalue weighted by Crippen LogP contribution is -2.43. The second-order valence-electron chi connectivity index (χ2n) is 6.05. The molecule has 8 heteroatoms. The Labute approximate surface area is 144 Å². The fourth-order valence-electron chi connectivity index (χ4n) is 3.32. The molecule has 0 radical (unpaired) electrons. The number of imidazole rings is 1. The van der Waals surface area contributed by atoms with Crippen LogP contribution >= 0.6 is 0 Å². The van der Waals surface area contributed by atoms with E-state index in [0.29, 0.717) is 23.3 Å². The molecule has 0 bridgehead atoms. The maximum Gasteiger partial charge on any atom is 0.271 e. The molecular formula is C17H20N6O2. The molecule has 1 aliphatic rings. The number of aromatic nitrogens is 5. The zero-order valence-corrected chi connectivity index (χ0v) is 14.0. The Kier molecular flexibility index (Phi) is 4.19. The lowest BCUT2D eigenvalue weighted by atomic mass is 10.0. The van der Waals surface area contributed by atoms with Gasteiger partial charge in [-0.1, -0.05) is 0 Å². The Bertz CT molecular complexity index is 886. The quantitative estimate of drug-likeness (QED) is 0.755. The molecule has 2 N–H and O–H groups in total. The summed E-state index contributed by atoms with van der Waals surface area (Å²) in [5, 5.41) is 3.80. The highest BCUT2D eigenvalue weighted by Crippen LogP contribution is 2.28. The highest BCUT2D eigenvalue weighted by molar-refractivity contribution is 6.03. The molecule has 0 unspecified atom stereocenters. The number of hydrogen-bond acceptors (Lipinski definition) is 5. The summed E-state index contributed by atoms with van der Waals surface area (Å²) in [6.45, 7) is 3.54. The van der Waals surface area contributed by atoms with Gasteiger partial charge in [-0.3, -0.25) is 4.79 Å². The topological polar surface area (TPSA) is 97.7 Å². The third-order valence-corrected chi connectivity index (χ3v) is 4.55. The van der Waals surface area contributed by atoms with E-state index in [1.165, 1.54) is 6.33 Å². The van der Waals surface area contributed by atoms with Crippen molar-refractivity contribution in [3.63, 3.8) is 0 Å². The Balaban J connectivity index is 1.59. The molecule has 0 aliphatic carbocycles. The van der Waals surface area contributed by atoms with Crippen LogP contribution in [0.2, 0.25) is 0 Å². The molecule has 1 aliphatic heterocycles. The molecule has 130 valence electrons. The summed E-state index contributed by atoms with van der Waals surface area (Å²) in [5.41, 5.74) is 1.02. The molecule has 1 saturated heterocycles. The molecule has 0 spiro atoms. The number of fused-ring (bicyclic) bond motifs is 1. The van der Waals surface area contributed by atoms with Crippen molar-refractivity contribution < 1.29 is 9.53 Å². The van der Waals surface area contributed by atoms with Crippen LogP contribution in [0.15, 0.2) is 31.0 Å². The Morgan fingerprint density at radius 1 is 1.44 bits per heavy atom. The molecule has 25 heavy (non-hydrogen) atoms. The number of nitrogens with zero attached hydrogens (tertiary/aromatic N) is 4. The number of aryl methyl sites for hydroxylation is 1. The van der Waals surface area contributed by atoms with Crippen LogP contribution in [0.5, 0.6) is 0 Å². The van der Waals surface area contributed by atoms with Crippen LogP contribution in [0.3, 0.4) is 0 Å². The van der Waals surface area contributed by atoms with E-state index in [-0.39, 0.29) is 18.1 Å². The fourth-order valence-corrected chi connectivity index (χ4v) is 3.32. The first-order valence-corrected chi connectivity index (χ1v) is 8.49. The smallest absolute Gasteiger partial charge is 0.271 e. The van der Waals surface area contributed by atoms with Crippen molar-refractivity contribution in [2.75, 3.05) is 6.61 Å². The number of H-pyrrole nitrogens is 1. The van der Waals surface area contributed by atoms with E-state index in [1.54, 1.807) is 12.4 Å². The minimum absolute atomic E-state index is 0.141. The predicted molar refractivity (Wildman–Crippen MR) is 91.0 cm³/mol. The van der Waals surface area contributed by atoms with Gasteiger partial charge in [0.15, 0.2) is 0 Å². The van der Waals surface area contributed by atoms with Gasteiger partial charge in [0, 0.05) is 31.7 Å². The fraction of sp³-hybridized carbons (Fsp3) is 0.412. The van der Waals surface area contributed by atoms with Crippen molar-refractivity contribution in [3.05, 3.63) is 42.5 Å². The minimum Gasteiger partial charge on any atom is -0.368 e. The monoisotopic (exact) mass is 340 g/mol. The number of amides is 1. The van der Waals surface area contributed by atoms with Crippen molar-refractivity contribution in [3.8, 4) is 0 Å². The van der Waals surface area contributed by atoms with Crippen LogP contribution in [0.25, 0.3) is 11.0 Å². The van der Waals surface area contributed by atoms with Gasteiger partial charge in [0.05, 0.1) is 11.4 Å². The third kappa shape index (κ3) is 2.89. The minimum atomic E-state index is -0.254. The van der Waals surface area contributed by atoms with Crippen LogP contribution in [0.4, 0.5) is 0 Å². The highest BCUT2D eigenvalue weighted by Gasteiger charge is 2.32. The van der Waals surface area contributed by atoms with Gasteiger partial charge in [-0.2, -0.15) is 0 Å². The zero-order chi connectivity index (χ0) is 17.2. The number of aromatic amines is 1. The molecule has 2 atom stereocenters. The SMILES string of the molecule is CCn1ccnc1[C@H]1OCCC[C@@H]1NC(=O)c1ncnc2[nH]ccc12. The molecule has 3 aromatic rings. The normalized spacial score (nSPS) is 20.7. The number of carbonyl (C=O) groups excluding carboxylic acids is 1. The highest BCUT2D eigenvalue weighted by atomic mass is 16.5. The first kappa shape index (κ1) is 15.8. The van der Waals surface area contributed by atoms with E-state index >= 15 is 0 Å². The van der Waals surface area contributed by atoms with Gasteiger partial charge in [0.1, 0.15) is 29.6 Å². The van der Waals surface area contributed by atoms with Crippen LogP contribution in [0.1, 0.15) is 42.2 Å². The van der Waals surface area contributed by atoms with Crippen LogP contribution in [0, 0.1) is 0 Å². The molecule has 0 saturated carbocycles. The number of ether oxygens (including phenoxy) is 1. The number of hydrogen-bond donors (Lipinski definition) is 2. The summed E-state index contributed by atoms with van der Waals surface area (Å²) < 4.78 is 8.00. The van der Waals surface area contributed by atoms with E-state index in [4.69, 9.17) is 4.74 Å². The number of nitrogens with one attached hydrogen (secondary N) is 2. The van der Waals surface area contributed by atoms with E-state index < -0.39 is 0 Å². The molecule has 4 rings (SSSR count). The molecular weight excluding hydrogens is 320 g/mol. The lowest BCUT2D eigenvalue weighted by molar-refractivity contribution is -0.0163. The summed E-state index contributed by atoms with van der Waals surface area (Å²) in [6.07, 6.45) is 8.33. The molecule has 8 nitrogen and oxygen atoms in total. The van der Waals surface area contributed by atoms with E-state index in [0.717, 1.165) is 25.2 Å². The van der Waals surface area contributed by atoms with Crippen molar-refractivity contribution in [1.82, 2.24) is 29.8 Å². The Morgan fingerprint density at radius 3 is 3.24 bits per heavy atom. The second-order valence-corrected chi connectivity index (χ2v) is 6.05. The Hall–Kier alpha value is -2.74. The van der Waals surface area contributed by atoms with Crippen molar-refractivity contribution in [2.24, 2.45) is 0 Å². The first-order chi connectivity index (χ1) is 12.3. The van der Waals surface area contributed by atoms with Gasteiger partial charge in [0.25, 0.3) is 5.91 Å². The average Bonchev–Trinajstić information content (AvgIpc) is 3.30. The molecule has 1 fully saturated rings. The van der Waals surface area contributed by atoms with Gasteiger partial charge in [0.2, 0.25) is 0 Å². The van der Waals surface area contributed by atoms with Crippen LogP contribution in [-0.2, 0) is 11.3 Å². The van der Waals surface area contributed by atoms with Crippen molar-refractivity contribution >= 4 is 16.9 Å². The summed E-state index contributed by atoms with van der Waals surface area (Å²) in [4.78, 5) is 28.5. The van der Waals surface area contributed by atoms with Gasteiger partial charge in [-0.25, -0.2) is 15.0 Å². The van der Waals surface area contributed by atoms with Gasteiger partial charge >= 0.3 is 0 Å². The summed E-state index contributed by atoms with van der Waals surface area (Å²) in [7, 11) is 0.